The number of furan rings is 1. The van der Waals surface area contributed by atoms with Crippen molar-refractivity contribution in [2.75, 3.05) is 11.9 Å². The predicted octanol–water partition coefficient (Wildman–Crippen LogP) is 6.08. The zero-order chi connectivity index (χ0) is 25.6. The van der Waals surface area contributed by atoms with Crippen LogP contribution in [0.3, 0.4) is 0 Å². The average molecular weight is 488 g/mol. The molecule has 0 aliphatic rings. The fourth-order valence-electron chi connectivity index (χ4n) is 3.47. The van der Waals surface area contributed by atoms with E-state index in [1.807, 2.05) is 43.3 Å². The highest BCUT2D eigenvalue weighted by Gasteiger charge is 2.30. The number of hydrogen-bond acceptors (Lipinski definition) is 3. The maximum absolute atomic E-state index is 13.3. The van der Waals surface area contributed by atoms with Crippen LogP contribution in [-0.2, 0) is 24.1 Å². The Kier molecular flexibility index (Phi) is 8.22. The van der Waals surface area contributed by atoms with Crippen molar-refractivity contribution in [2.24, 2.45) is 0 Å². The lowest BCUT2D eigenvalue weighted by molar-refractivity contribution is -0.137. The van der Waals surface area contributed by atoms with E-state index < -0.39 is 17.8 Å². The minimum absolute atomic E-state index is 0.202. The van der Waals surface area contributed by atoms with Crippen molar-refractivity contribution in [1.29, 1.82) is 0 Å². The van der Waals surface area contributed by atoms with E-state index in [0.717, 1.165) is 23.5 Å². The molecule has 0 saturated carbocycles. The van der Waals surface area contributed by atoms with Crippen molar-refractivity contribution in [2.45, 2.75) is 46.1 Å². The summed E-state index contributed by atoms with van der Waals surface area (Å²) in [4.78, 5) is 29.2. The lowest BCUT2D eigenvalue weighted by Gasteiger charge is -2.30. The Morgan fingerprint density at radius 2 is 1.60 bits per heavy atom. The van der Waals surface area contributed by atoms with E-state index in [-0.39, 0.29) is 30.7 Å². The number of urea groups is 1. The van der Waals surface area contributed by atoms with E-state index in [4.69, 9.17) is 4.42 Å². The van der Waals surface area contributed by atoms with Crippen molar-refractivity contribution in [1.82, 2.24) is 9.80 Å². The minimum Gasteiger partial charge on any atom is -0.464 e. The molecule has 0 aliphatic heterocycles. The molecule has 0 bridgehead atoms. The Balaban J connectivity index is 1.73. The van der Waals surface area contributed by atoms with Gasteiger partial charge in [0.2, 0.25) is 5.91 Å². The monoisotopic (exact) mass is 487 g/mol. The fourth-order valence-corrected chi connectivity index (χ4v) is 3.47. The second kappa shape index (κ2) is 11.1. The van der Waals surface area contributed by atoms with Crippen molar-refractivity contribution in [3.8, 4) is 0 Å². The predicted molar refractivity (Wildman–Crippen MR) is 126 cm³/mol. The van der Waals surface area contributed by atoms with Gasteiger partial charge >= 0.3 is 12.2 Å². The highest BCUT2D eigenvalue weighted by molar-refractivity contribution is 5.92. The molecule has 9 heteroatoms. The summed E-state index contributed by atoms with van der Waals surface area (Å²) in [6.45, 7) is 5.68. The van der Waals surface area contributed by atoms with Gasteiger partial charge in [-0.1, -0.05) is 30.3 Å². The van der Waals surface area contributed by atoms with Crippen molar-refractivity contribution >= 4 is 17.6 Å². The lowest BCUT2D eigenvalue weighted by atomic mass is 10.2. The van der Waals surface area contributed by atoms with Crippen LogP contribution in [0, 0.1) is 6.92 Å². The van der Waals surface area contributed by atoms with Gasteiger partial charge in [-0.3, -0.25) is 4.79 Å². The molecule has 186 valence electrons. The first-order chi connectivity index (χ1) is 16.5. The number of aryl methyl sites for hydroxylation is 1. The third-order valence-electron chi connectivity index (χ3n) is 5.36. The molecular weight excluding hydrogens is 459 g/mol. The number of amides is 3. The number of benzene rings is 2. The second-order valence-electron chi connectivity index (χ2n) is 8.47. The quantitative estimate of drug-likeness (QED) is 0.419. The Morgan fingerprint density at radius 3 is 2.14 bits per heavy atom. The zero-order valence-electron chi connectivity index (χ0n) is 19.8. The van der Waals surface area contributed by atoms with Crippen molar-refractivity contribution < 1.29 is 27.2 Å². The highest BCUT2D eigenvalue weighted by Crippen LogP contribution is 2.29. The lowest BCUT2D eigenvalue weighted by Crippen LogP contribution is -2.47. The van der Waals surface area contributed by atoms with Gasteiger partial charge in [0.25, 0.3) is 0 Å². The first-order valence-corrected chi connectivity index (χ1v) is 11.1. The van der Waals surface area contributed by atoms with E-state index in [1.54, 1.807) is 24.8 Å². The third-order valence-corrected chi connectivity index (χ3v) is 5.36. The summed E-state index contributed by atoms with van der Waals surface area (Å²) in [5.74, 6) is 1.06. The minimum atomic E-state index is -4.46. The number of rotatable bonds is 8. The molecule has 1 aromatic heterocycles. The van der Waals surface area contributed by atoms with E-state index in [0.29, 0.717) is 12.3 Å². The Bertz CT molecular complexity index is 1130. The number of halogens is 3. The zero-order valence-corrected chi connectivity index (χ0v) is 19.8. The standard InChI is InChI=1S/C26H28F3N3O3/c1-18(2)32(25(34)30-22-12-10-21(11-13-22)26(27,28)29)17-24(33)31(15-20-7-5-4-6-8-20)16-23-14-9-19(3)35-23/h4-14,18H,15-17H2,1-3H3,(H,30,34). The molecule has 0 fully saturated rings. The first-order valence-electron chi connectivity index (χ1n) is 11.1. The van der Waals surface area contributed by atoms with Crippen molar-refractivity contribution in [3.63, 3.8) is 0 Å². The van der Waals surface area contributed by atoms with Crippen LogP contribution < -0.4 is 5.32 Å². The molecule has 6 nitrogen and oxygen atoms in total. The van der Waals surface area contributed by atoms with Crippen LogP contribution in [0.4, 0.5) is 23.7 Å². The molecule has 0 atom stereocenters. The van der Waals surface area contributed by atoms with Crippen LogP contribution in [0.5, 0.6) is 0 Å². The maximum atomic E-state index is 13.3. The van der Waals surface area contributed by atoms with Gasteiger partial charge in [0, 0.05) is 18.3 Å². The number of alkyl halides is 3. The summed E-state index contributed by atoms with van der Waals surface area (Å²) in [5.41, 5.74) is 0.318. The van der Waals surface area contributed by atoms with Crippen LogP contribution in [0.25, 0.3) is 0 Å². The summed E-state index contributed by atoms with van der Waals surface area (Å²) < 4.78 is 44.1. The molecule has 0 saturated heterocycles. The molecule has 0 unspecified atom stereocenters. The molecule has 1 N–H and O–H groups in total. The second-order valence-corrected chi connectivity index (χ2v) is 8.47. The normalized spacial score (nSPS) is 11.4. The third kappa shape index (κ3) is 7.37. The number of nitrogens with one attached hydrogen (secondary N) is 1. The fraction of sp³-hybridized carbons (Fsp3) is 0.308. The molecule has 0 radical (unpaired) electrons. The molecule has 0 spiro atoms. The average Bonchev–Trinajstić information content (AvgIpc) is 3.21. The summed E-state index contributed by atoms with van der Waals surface area (Å²) in [6, 6.07) is 16.3. The van der Waals surface area contributed by atoms with Gasteiger partial charge in [-0.15, -0.1) is 0 Å². The Labute approximate surface area is 202 Å². The smallest absolute Gasteiger partial charge is 0.416 e. The number of carbonyl (C=O) groups is 2. The van der Waals surface area contributed by atoms with Crippen LogP contribution >= 0.6 is 0 Å². The summed E-state index contributed by atoms with van der Waals surface area (Å²) in [7, 11) is 0. The van der Waals surface area contributed by atoms with Crippen LogP contribution in [-0.4, -0.2) is 34.3 Å². The summed E-state index contributed by atoms with van der Waals surface area (Å²) in [6.07, 6.45) is -4.46. The molecule has 2 aromatic carbocycles. The number of nitrogens with zero attached hydrogens (tertiary/aromatic N) is 2. The van der Waals surface area contributed by atoms with Gasteiger partial charge in [0.15, 0.2) is 0 Å². The maximum Gasteiger partial charge on any atom is 0.416 e. The molecule has 3 rings (SSSR count). The van der Waals surface area contributed by atoms with Gasteiger partial charge in [0.05, 0.1) is 12.1 Å². The molecular formula is C26H28F3N3O3. The van der Waals surface area contributed by atoms with E-state index in [9.17, 15) is 22.8 Å². The summed E-state index contributed by atoms with van der Waals surface area (Å²) in [5, 5.41) is 2.58. The van der Waals surface area contributed by atoms with Gasteiger partial charge in [-0.25, -0.2) is 4.79 Å². The van der Waals surface area contributed by atoms with Crippen molar-refractivity contribution in [3.05, 3.63) is 89.4 Å². The van der Waals surface area contributed by atoms with Gasteiger partial charge in [0.1, 0.15) is 18.1 Å². The number of anilines is 1. The number of carbonyl (C=O) groups excluding carboxylic acids is 2. The van der Waals surface area contributed by atoms with Crippen LogP contribution in [0.2, 0.25) is 0 Å². The summed E-state index contributed by atoms with van der Waals surface area (Å²) >= 11 is 0. The van der Waals surface area contributed by atoms with Crippen LogP contribution in [0.1, 0.15) is 36.5 Å². The first kappa shape index (κ1) is 25.9. The Hall–Kier alpha value is -3.75. The molecule has 0 aliphatic carbocycles. The van der Waals surface area contributed by atoms with Gasteiger partial charge in [-0.2, -0.15) is 13.2 Å². The van der Waals surface area contributed by atoms with E-state index in [2.05, 4.69) is 5.32 Å². The van der Waals surface area contributed by atoms with Gasteiger partial charge in [-0.05, 0) is 62.7 Å². The van der Waals surface area contributed by atoms with E-state index >= 15 is 0 Å². The highest BCUT2D eigenvalue weighted by atomic mass is 19.4. The topological polar surface area (TPSA) is 65.8 Å². The Morgan fingerprint density at radius 1 is 0.943 bits per heavy atom. The van der Waals surface area contributed by atoms with Crippen LogP contribution in [0.15, 0.2) is 71.1 Å². The number of hydrogen-bond donors (Lipinski definition) is 1. The SMILES string of the molecule is Cc1ccc(CN(Cc2ccccc2)C(=O)CN(C(=O)Nc2ccc(C(F)(F)F)cc2)C(C)C)o1. The molecule has 3 aromatic rings. The largest absolute Gasteiger partial charge is 0.464 e. The molecule has 1 heterocycles. The van der Waals surface area contributed by atoms with Gasteiger partial charge < -0.3 is 19.5 Å². The molecule has 35 heavy (non-hydrogen) atoms. The molecule has 3 amide bonds. The van der Waals surface area contributed by atoms with E-state index in [1.165, 1.54) is 17.0 Å².